The first-order valence-corrected chi connectivity index (χ1v) is 11.6. The van der Waals surface area contributed by atoms with Crippen LogP contribution in [-0.4, -0.2) is 39.7 Å². The second-order valence-electron chi connectivity index (χ2n) is 8.04. The largest absolute Gasteiger partial charge is 0.493 e. The normalized spacial score (nSPS) is 11.0. The molecular formula is C27H23ClN4O5. The number of nitrogens with zero attached hydrogens (tertiary/aromatic N) is 4. The van der Waals surface area contributed by atoms with E-state index in [9.17, 15) is 14.4 Å². The van der Waals surface area contributed by atoms with Crippen molar-refractivity contribution in [2.24, 2.45) is 5.10 Å². The lowest BCUT2D eigenvalue weighted by molar-refractivity contribution is -0.133. The predicted molar refractivity (Wildman–Crippen MR) is 139 cm³/mol. The van der Waals surface area contributed by atoms with Crippen LogP contribution in [-0.2, 0) is 17.6 Å². The van der Waals surface area contributed by atoms with Gasteiger partial charge >= 0.3 is 11.7 Å². The van der Waals surface area contributed by atoms with Crippen molar-refractivity contribution in [1.82, 2.24) is 14.5 Å². The minimum absolute atomic E-state index is 0.0932. The third-order valence-corrected chi connectivity index (χ3v) is 5.57. The van der Waals surface area contributed by atoms with Gasteiger partial charge in [0.2, 0.25) is 5.91 Å². The van der Waals surface area contributed by atoms with E-state index in [4.69, 9.17) is 21.1 Å². The summed E-state index contributed by atoms with van der Waals surface area (Å²) in [5.41, 5.74) is 1.48. The maximum absolute atomic E-state index is 12.8. The molecule has 0 atom stereocenters. The molecule has 0 amide bonds. The number of halogens is 1. The van der Waals surface area contributed by atoms with Crippen molar-refractivity contribution in [2.75, 3.05) is 7.11 Å². The van der Waals surface area contributed by atoms with Crippen molar-refractivity contribution in [2.45, 2.75) is 19.8 Å². The van der Waals surface area contributed by atoms with E-state index in [1.165, 1.54) is 20.2 Å². The lowest BCUT2D eigenvalue weighted by Gasteiger charge is -2.10. The fraction of sp³-hybridized carbons (Fsp3) is 0.148. The summed E-state index contributed by atoms with van der Waals surface area (Å²) < 4.78 is 12.7. The topological polar surface area (TPSA) is 105 Å². The number of rotatable bonds is 8. The van der Waals surface area contributed by atoms with Gasteiger partial charge in [-0.05, 0) is 47.0 Å². The van der Waals surface area contributed by atoms with Crippen LogP contribution in [0.25, 0.3) is 0 Å². The Bertz CT molecular complexity index is 1510. The van der Waals surface area contributed by atoms with Crippen molar-refractivity contribution < 1.29 is 19.1 Å². The summed E-state index contributed by atoms with van der Waals surface area (Å²) in [5.74, 6) is -0.151. The van der Waals surface area contributed by atoms with Crippen molar-refractivity contribution in [3.8, 4) is 11.5 Å². The molecule has 188 valence electrons. The van der Waals surface area contributed by atoms with Crippen LogP contribution in [0.3, 0.4) is 0 Å². The molecule has 3 aromatic carbocycles. The average molecular weight is 519 g/mol. The van der Waals surface area contributed by atoms with Gasteiger partial charge in [-0.2, -0.15) is 9.78 Å². The molecule has 0 fully saturated rings. The van der Waals surface area contributed by atoms with Gasteiger partial charge in [-0.1, -0.05) is 54.1 Å². The second kappa shape index (κ2) is 11.5. The molecule has 0 saturated carbocycles. The van der Waals surface area contributed by atoms with E-state index in [0.717, 1.165) is 20.5 Å². The van der Waals surface area contributed by atoms with E-state index in [-0.39, 0.29) is 24.4 Å². The SMILES string of the molecule is COc1ccc(/C=N/n2c(Cc3ccc(Cl)cc3)nn(C(C)=O)c2=O)cc1OC(=O)Cc1ccccc1. The Balaban J connectivity index is 1.61. The Morgan fingerprint density at radius 1 is 1.00 bits per heavy atom. The Kier molecular flexibility index (Phi) is 7.95. The summed E-state index contributed by atoms with van der Waals surface area (Å²) in [6, 6.07) is 21.2. The van der Waals surface area contributed by atoms with Crippen LogP contribution in [0.2, 0.25) is 5.02 Å². The zero-order valence-corrected chi connectivity index (χ0v) is 20.9. The predicted octanol–water partition coefficient (Wildman–Crippen LogP) is 3.99. The van der Waals surface area contributed by atoms with E-state index < -0.39 is 17.6 Å². The molecule has 1 heterocycles. The van der Waals surface area contributed by atoms with Gasteiger partial charge in [0.05, 0.1) is 19.7 Å². The third-order valence-electron chi connectivity index (χ3n) is 5.32. The summed E-state index contributed by atoms with van der Waals surface area (Å²) in [7, 11) is 1.47. The van der Waals surface area contributed by atoms with Crippen LogP contribution < -0.4 is 15.2 Å². The first kappa shape index (κ1) is 25.6. The molecule has 10 heteroatoms. The fourth-order valence-electron chi connectivity index (χ4n) is 3.52. The Labute approximate surface area is 217 Å². The Morgan fingerprint density at radius 2 is 1.73 bits per heavy atom. The monoisotopic (exact) mass is 518 g/mol. The summed E-state index contributed by atoms with van der Waals surface area (Å²) in [6.07, 6.45) is 1.75. The van der Waals surface area contributed by atoms with Gasteiger partial charge in [-0.25, -0.2) is 4.79 Å². The van der Waals surface area contributed by atoms with E-state index in [2.05, 4.69) is 10.2 Å². The van der Waals surface area contributed by atoms with Crippen molar-refractivity contribution in [3.63, 3.8) is 0 Å². The minimum Gasteiger partial charge on any atom is -0.493 e. The van der Waals surface area contributed by atoms with Gasteiger partial charge in [0.1, 0.15) is 0 Å². The number of carbonyl (C=O) groups is 2. The fourth-order valence-corrected chi connectivity index (χ4v) is 3.64. The van der Waals surface area contributed by atoms with Gasteiger partial charge in [0, 0.05) is 18.4 Å². The summed E-state index contributed by atoms with van der Waals surface area (Å²) >= 11 is 5.96. The molecule has 0 radical (unpaired) electrons. The summed E-state index contributed by atoms with van der Waals surface area (Å²) in [4.78, 5) is 37.2. The molecule has 0 aliphatic heterocycles. The molecule has 0 spiro atoms. The number of hydrogen-bond donors (Lipinski definition) is 0. The molecule has 0 N–H and O–H groups in total. The molecule has 37 heavy (non-hydrogen) atoms. The maximum atomic E-state index is 12.8. The highest BCUT2D eigenvalue weighted by Crippen LogP contribution is 2.28. The van der Waals surface area contributed by atoms with E-state index >= 15 is 0 Å². The smallest absolute Gasteiger partial charge is 0.374 e. The molecule has 9 nitrogen and oxygen atoms in total. The molecule has 4 aromatic rings. The first-order chi connectivity index (χ1) is 17.8. The molecule has 0 aliphatic carbocycles. The highest BCUT2D eigenvalue weighted by Gasteiger charge is 2.16. The molecule has 4 rings (SSSR count). The van der Waals surface area contributed by atoms with Crippen LogP contribution in [0.5, 0.6) is 11.5 Å². The number of esters is 1. The van der Waals surface area contributed by atoms with Gasteiger partial charge in [0.15, 0.2) is 17.3 Å². The van der Waals surface area contributed by atoms with Crippen LogP contribution >= 0.6 is 11.6 Å². The second-order valence-corrected chi connectivity index (χ2v) is 8.47. The highest BCUT2D eigenvalue weighted by molar-refractivity contribution is 6.30. The van der Waals surface area contributed by atoms with Crippen molar-refractivity contribution in [1.29, 1.82) is 0 Å². The third kappa shape index (κ3) is 6.39. The van der Waals surface area contributed by atoms with Crippen LogP contribution in [0.4, 0.5) is 0 Å². The zero-order chi connectivity index (χ0) is 26.4. The quantitative estimate of drug-likeness (QED) is 0.198. The minimum atomic E-state index is -0.698. The van der Waals surface area contributed by atoms with Crippen LogP contribution in [0.1, 0.15) is 34.2 Å². The highest BCUT2D eigenvalue weighted by atomic mass is 35.5. The van der Waals surface area contributed by atoms with Crippen LogP contribution in [0.15, 0.2) is 82.7 Å². The lowest BCUT2D eigenvalue weighted by atomic mass is 10.1. The molecule has 0 unspecified atom stereocenters. The van der Waals surface area contributed by atoms with Crippen molar-refractivity contribution in [3.05, 3.63) is 111 Å². The van der Waals surface area contributed by atoms with E-state index in [1.807, 2.05) is 30.3 Å². The van der Waals surface area contributed by atoms with Gasteiger partial charge in [0.25, 0.3) is 0 Å². The van der Waals surface area contributed by atoms with Crippen molar-refractivity contribution >= 4 is 29.7 Å². The standard InChI is InChI=1S/C27H23ClN4O5/c1-18(33)31-27(35)32(25(30-31)15-20-8-11-22(28)12-9-20)29-17-21-10-13-23(36-2)24(14-21)37-26(34)16-19-6-4-3-5-7-19/h3-14,17H,15-16H2,1-2H3/b29-17+. The molecule has 0 aliphatic rings. The van der Waals surface area contributed by atoms with E-state index in [0.29, 0.717) is 16.3 Å². The molecule has 0 saturated heterocycles. The van der Waals surface area contributed by atoms with Crippen LogP contribution in [0, 0.1) is 0 Å². The van der Waals surface area contributed by atoms with Gasteiger partial charge < -0.3 is 9.47 Å². The maximum Gasteiger partial charge on any atom is 0.374 e. The number of carbonyl (C=O) groups excluding carboxylic acids is 2. The lowest BCUT2D eigenvalue weighted by Crippen LogP contribution is -2.27. The Hall–Kier alpha value is -4.50. The molecule has 1 aromatic heterocycles. The Morgan fingerprint density at radius 3 is 2.41 bits per heavy atom. The van der Waals surface area contributed by atoms with Gasteiger partial charge in [-0.3, -0.25) is 9.59 Å². The summed E-state index contributed by atoms with van der Waals surface area (Å²) in [6.45, 7) is 1.24. The number of aromatic nitrogens is 3. The number of ether oxygens (including phenoxy) is 2. The summed E-state index contributed by atoms with van der Waals surface area (Å²) in [5, 5.41) is 8.99. The molecule has 0 bridgehead atoms. The van der Waals surface area contributed by atoms with Gasteiger partial charge in [-0.15, -0.1) is 9.78 Å². The zero-order valence-electron chi connectivity index (χ0n) is 20.1. The number of benzene rings is 3. The first-order valence-electron chi connectivity index (χ1n) is 11.3. The average Bonchev–Trinajstić information content (AvgIpc) is 3.19. The van der Waals surface area contributed by atoms with E-state index in [1.54, 1.807) is 42.5 Å². The molecular weight excluding hydrogens is 496 g/mol. The number of hydrogen-bond acceptors (Lipinski definition) is 7. The number of methoxy groups -OCH3 is 1.